The molecule has 1 N–H and O–H groups in total. The molecule has 2 aliphatic rings. The standard InChI is InChI=1S/C13H13N3O/c1-2-4-10-8(3-1)5-11(10)12-15-13(17-16-12)9-6-14-7-9/h1-4,9,11,14H,5-7H2. The molecule has 0 amide bonds. The summed E-state index contributed by atoms with van der Waals surface area (Å²) >= 11 is 0. The molecule has 1 fully saturated rings. The van der Waals surface area contributed by atoms with Gasteiger partial charge < -0.3 is 9.84 Å². The van der Waals surface area contributed by atoms with E-state index in [9.17, 15) is 0 Å². The van der Waals surface area contributed by atoms with E-state index in [1.807, 2.05) is 0 Å². The van der Waals surface area contributed by atoms with Crippen molar-refractivity contribution >= 4 is 0 Å². The lowest BCUT2D eigenvalue weighted by atomic mass is 9.77. The molecular formula is C13H13N3O. The molecule has 1 aromatic carbocycles. The first-order valence-electron chi connectivity index (χ1n) is 6.04. The van der Waals surface area contributed by atoms with Gasteiger partial charge in [0.15, 0.2) is 5.82 Å². The Morgan fingerprint density at radius 2 is 2.12 bits per heavy atom. The van der Waals surface area contributed by atoms with Crippen LogP contribution in [0.25, 0.3) is 0 Å². The number of nitrogens with one attached hydrogen (secondary N) is 1. The largest absolute Gasteiger partial charge is 0.339 e. The van der Waals surface area contributed by atoms with E-state index < -0.39 is 0 Å². The Bertz CT molecular complexity index is 559. The normalized spacial score (nSPS) is 22.7. The Balaban J connectivity index is 1.62. The Hall–Kier alpha value is -1.68. The average molecular weight is 227 g/mol. The summed E-state index contributed by atoms with van der Waals surface area (Å²) in [7, 11) is 0. The maximum Gasteiger partial charge on any atom is 0.232 e. The second kappa shape index (κ2) is 3.40. The van der Waals surface area contributed by atoms with Gasteiger partial charge in [-0.3, -0.25) is 0 Å². The van der Waals surface area contributed by atoms with E-state index in [0.717, 1.165) is 31.2 Å². The Morgan fingerprint density at radius 1 is 1.24 bits per heavy atom. The number of fused-ring (bicyclic) bond motifs is 1. The molecule has 4 nitrogen and oxygen atoms in total. The first-order valence-corrected chi connectivity index (χ1v) is 6.04. The van der Waals surface area contributed by atoms with Gasteiger partial charge in [0.25, 0.3) is 0 Å². The van der Waals surface area contributed by atoms with Crippen molar-refractivity contribution in [3.8, 4) is 0 Å². The van der Waals surface area contributed by atoms with Crippen LogP contribution in [0.1, 0.15) is 34.7 Å². The third-order valence-corrected chi connectivity index (χ3v) is 3.75. The third kappa shape index (κ3) is 1.34. The number of rotatable bonds is 2. The maximum atomic E-state index is 5.34. The van der Waals surface area contributed by atoms with Gasteiger partial charge in [0.2, 0.25) is 5.89 Å². The van der Waals surface area contributed by atoms with E-state index in [1.165, 1.54) is 11.1 Å². The zero-order valence-corrected chi connectivity index (χ0v) is 9.39. The van der Waals surface area contributed by atoms with Crippen molar-refractivity contribution in [1.82, 2.24) is 15.5 Å². The minimum absolute atomic E-state index is 0.344. The molecule has 17 heavy (non-hydrogen) atoms. The molecule has 0 bridgehead atoms. The number of benzene rings is 1. The SMILES string of the molecule is c1ccc2c(c1)CC2c1noc(C2CNC2)n1. The van der Waals surface area contributed by atoms with Crippen LogP contribution >= 0.6 is 0 Å². The predicted octanol–water partition coefficient (Wildman–Crippen LogP) is 1.44. The molecule has 1 aliphatic heterocycles. The summed E-state index contributed by atoms with van der Waals surface area (Å²) in [6.45, 7) is 1.92. The minimum atomic E-state index is 0.344. The van der Waals surface area contributed by atoms with Crippen molar-refractivity contribution < 1.29 is 4.52 Å². The molecule has 1 aromatic heterocycles. The maximum absolute atomic E-state index is 5.34. The molecule has 1 atom stereocenters. The lowest BCUT2D eigenvalue weighted by Gasteiger charge is -2.27. The van der Waals surface area contributed by atoms with E-state index in [-0.39, 0.29) is 0 Å². The highest BCUT2D eigenvalue weighted by Crippen LogP contribution is 2.38. The summed E-state index contributed by atoms with van der Waals surface area (Å²) in [4.78, 5) is 4.54. The minimum Gasteiger partial charge on any atom is -0.339 e. The molecule has 0 saturated carbocycles. The Labute approximate surface area is 99.0 Å². The molecule has 1 unspecified atom stereocenters. The van der Waals surface area contributed by atoms with Crippen LogP contribution in [0.4, 0.5) is 0 Å². The average Bonchev–Trinajstić information content (AvgIpc) is 2.66. The highest BCUT2D eigenvalue weighted by atomic mass is 16.5. The van der Waals surface area contributed by atoms with Crippen LogP contribution in [0.5, 0.6) is 0 Å². The molecule has 0 spiro atoms. The van der Waals surface area contributed by atoms with Crippen molar-refractivity contribution in [3.05, 3.63) is 47.1 Å². The van der Waals surface area contributed by atoms with Crippen LogP contribution in [-0.4, -0.2) is 23.2 Å². The molecule has 1 aliphatic carbocycles. The molecule has 86 valence electrons. The summed E-state index contributed by atoms with van der Waals surface area (Å²) in [5.74, 6) is 2.41. The quantitative estimate of drug-likeness (QED) is 0.843. The van der Waals surface area contributed by atoms with Gasteiger partial charge in [-0.25, -0.2) is 0 Å². The highest BCUT2D eigenvalue weighted by molar-refractivity contribution is 5.43. The first-order chi connectivity index (χ1) is 8.42. The van der Waals surface area contributed by atoms with Crippen molar-refractivity contribution in [2.24, 2.45) is 0 Å². The monoisotopic (exact) mass is 227 g/mol. The first kappa shape index (κ1) is 9.36. The lowest BCUT2D eigenvalue weighted by Crippen LogP contribution is -2.40. The molecule has 1 saturated heterocycles. The zero-order chi connectivity index (χ0) is 11.2. The van der Waals surface area contributed by atoms with Crippen molar-refractivity contribution in [1.29, 1.82) is 0 Å². The predicted molar refractivity (Wildman–Crippen MR) is 61.9 cm³/mol. The van der Waals surface area contributed by atoms with Crippen molar-refractivity contribution in [2.45, 2.75) is 18.3 Å². The second-order valence-electron chi connectivity index (χ2n) is 4.80. The van der Waals surface area contributed by atoms with E-state index in [0.29, 0.717) is 11.8 Å². The fourth-order valence-electron chi connectivity index (χ4n) is 2.51. The van der Waals surface area contributed by atoms with Crippen LogP contribution < -0.4 is 5.32 Å². The van der Waals surface area contributed by atoms with Crippen LogP contribution in [0.2, 0.25) is 0 Å². The van der Waals surface area contributed by atoms with Gasteiger partial charge in [0, 0.05) is 13.1 Å². The topological polar surface area (TPSA) is 51.0 Å². The molecule has 2 aromatic rings. The van der Waals surface area contributed by atoms with Gasteiger partial charge >= 0.3 is 0 Å². The molecule has 0 radical (unpaired) electrons. The van der Waals surface area contributed by atoms with Crippen molar-refractivity contribution in [3.63, 3.8) is 0 Å². The number of hydrogen-bond acceptors (Lipinski definition) is 4. The van der Waals surface area contributed by atoms with Gasteiger partial charge in [-0.05, 0) is 17.5 Å². The van der Waals surface area contributed by atoms with Crippen LogP contribution in [-0.2, 0) is 6.42 Å². The van der Waals surface area contributed by atoms with Crippen LogP contribution in [0.3, 0.4) is 0 Å². The summed E-state index contributed by atoms with van der Waals surface area (Å²) in [5, 5.41) is 7.34. The van der Waals surface area contributed by atoms with E-state index in [1.54, 1.807) is 0 Å². The van der Waals surface area contributed by atoms with Gasteiger partial charge in [-0.1, -0.05) is 29.4 Å². The van der Waals surface area contributed by atoms with Gasteiger partial charge in [-0.2, -0.15) is 4.98 Å². The Morgan fingerprint density at radius 3 is 2.88 bits per heavy atom. The fraction of sp³-hybridized carbons (Fsp3) is 0.385. The number of aromatic nitrogens is 2. The summed E-state index contributed by atoms with van der Waals surface area (Å²) < 4.78 is 5.34. The highest BCUT2D eigenvalue weighted by Gasteiger charge is 2.32. The molecule has 2 heterocycles. The summed E-state index contributed by atoms with van der Waals surface area (Å²) in [5.41, 5.74) is 2.76. The van der Waals surface area contributed by atoms with Crippen molar-refractivity contribution in [2.75, 3.05) is 13.1 Å². The molecular weight excluding hydrogens is 214 g/mol. The van der Waals surface area contributed by atoms with E-state index >= 15 is 0 Å². The number of hydrogen-bond donors (Lipinski definition) is 1. The van der Waals surface area contributed by atoms with Crippen LogP contribution in [0.15, 0.2) is 28.8 Å². The molecule has 4 heteroatoms. The molecule has 4 rings (SSSR count). The summed E-state index contributed by atoms with van der Waals surface area (Å²) in [6.07, 6.45) is 1.04. The lowest BCUT2D eigenvalue weighted by molar-refractivity contribution is 0.305. The Kier molecular flexibility index (Phi) is 1.87. The summed E-state index contributed by atoms with van der Waals surface area (Å²) in [6, 6.07) is 8.48. The second-order valence-corrected chi connectivity index (χ2v) is 4.80. The van der Waals surface area contributed by atoms with Crippen LogP contribution in [0, 0.1) is 0 Å². The van der Waals surface area contributed by atoms with E-state index in [2.05, 4.69) is 39.7 Å². The van der Waals surface area contributed by atoms with E-state index in [4.69, 9.17) is 4.52 Å². The number of nitrogens with zero attached hydrogens (tertiary/aromatic N) is 2. The zero-order valence-electron chi connectivity index (χ0n) is 9.39. The van der Waals surface area contributed by atoms with Gasteiger partial charge in [-0.15, -0.1) is 0 Å². The smallest absolute Gasteiger partial charge is 0.232 e. The third-order valence-electron chi connectivity index (χ3n) is 3.75. The fourth-order valence-corrected chi connectivity index (χ4v) is 2.51. The van der Waals surface area contributed by atoms with Gasteiger partial charge in [0.1, 0.15) is 0 Å². The van der Waals surface area contributed by atoms with Gasteiger partial charge in [0.05, 0.1) is 11.8 Å².